The summed E-state index contributed by atoms with van der Waals surface area (Å²) < 4.78 is 11.0. The second kappa shape index (κ2) is 7.04. The number of hydrogen-bond acceptors (Lipinski definition) is 4. The topological polar surface area (TPSA) is 76.7 Å². The molecule has 2 aromatic rings. The Balaban J connectivity index is 1.73. The van der Waals surface area contributed by atoms with Crippen molar-refractivity contribution in [3.05, 3.63) is 48.0 Å². The van der Waals surface area contributed by atoms with E-state index in [1.54, 1.807) is 49.4 Å². The van der Waals surface area contributed by atoms with E-state index in [4.69, 9.17) is 9.47 Å². The third-order valence-corrected chi connectivity index (χ3v) is 3.53. The van der Waals surface area contributed by atoms with Crippen molar-refractivity contribution in [2.45, 2.75) is 13.3 Å². The fraction of sp³-hybridized carbons (Fsp3) is 0.222. The van der Waals surface area contributed by atoms with E-state index in [0.29, 0.717) is 48.1 Å². The molecular weight excluding hydrogens is 308 g/mol. The van der Waals surface area contributed by atoms with Gasteiger partial charge in [0.2, 0.25) is 5.91 Å². The van der Waals surface area contributed by atoms with Crippen LogP contribution in [0, 0.1) is 0 Å². The summed E-state index contributed by atoms with van der Waals surface area (Å²) in [6.07, 6.45) is 0.383. The molecule has 1 aliphatic heterocycles. The standard InChI is InChI=1S/C18H18N2O4/c1-2-17(21)19-13-5-3-4-12(10-13)18(22)20-14-6-7-15-16(11-14)24-9-8-23-15/h3-7,10-11H,2,8-9H2,1H3,(H,19,21)(H,20,22). The maximum Gasteiger partial charge on any atom is 0.255 e. The van der Waals surface area contributed by atoms with Crippen LogP contribution >= 0.6 is 0 Å². The van der Waals surface area contributed by atoms with Gasteiger partial charge in [-0.1, -0.05) is 13.0 Å². The Morgan fingerprint density at radius 3 is 2.50 bits per heavy atom. The molecule has 0 radical (unpaired) electrons. The summed E-state index contributed by atoms with van der Waals surface area (Å²) in [6.45, 7) is 2.78. The Morgan fingerprint density at radius 2 is 1.71 bits per heavy atom. The van der Waals surface area contributed by atoms with Crippen LogP contribution in [0.3, 0.4) is 0 Å². The Labute approximate surface area is 139 Å². The summed E-state index contributed by atoms with van der Waals surface area (Å²) in [5.74, 6) is 0.921. The minimum absolute atomic E-state index is 0.0978. The number of ether oxygens (including phenoxy) is 2. The predicted octanol–water partition coefficient (Wildman–Crippen LogP) is 3.06. The van der Waals surface area contributed by atoms with Crippen LogP contribution in [-0.4, -0.2) is 25.0 Å². The smallest absolute Gasteiger partial charge is 0.255 e. The second-order valence-corrected chi connectivity index (χ2v) is 5.30. The van der Waals surface area contributed by atoms with E-state index in [1.807, 2.05) is 0 Å². The first kappa shape index (κ1) is 15.9. The zero-order chi connectivity index (χ0) is 16.9. The van der Waals surface area contributed by atoms with E-state index >= 15 is 0 Å². The van der Waals surface area contributed by atoms with Crippen LogP contribution < -0.4 is 20.1 Å². The number of rotatable bonds is 4. The molecule has 2 aromatic carbocycles. The lowest BCUT2D eigenvalue weighted by Crippen LogP contribution is -2.16. The van der Waals surface area contributed by atoms with E-state index in [-0.39, 0.29) is 11.8 Å². The molecule has 2 N–H and O–H groups in total. The number of carbonyl (C=O) groups is 2. The van der Waals surface area contributed by atoms with Crippen LogP contribution in [0.25, 0.3) is 0 Å². The number of benzene rings is 2. The molecule has 0 aliphatic carbocycles. The Bertz CT molecular complexity index is 773. The van der Waals surface area contributed by atoms with Crippen LogP contribution in [0.2, 0.25) is 0 Å². The number of anilines is 2. The minimum atomic E-state index is -0.265. The van der Waals surface area contributed by atoms with Gasteiger partial charge in [0.1, 0.15) is 13.2 Å². The summed E-state index contributed by atoms with van der Waals surface area (Å²) >= 11 is 0. The van der Waals surface area contributed by atoms with Crippen molar-refractivity contribution in [2.75, 3.05) is 23.8 Å². The molecule has 0 saturated carbocycles. The molecule has 6 heteroatoms. The largest absolute Gasteiger partial charge is 0.486 e. The Morgan fingerprint density at radius 1 is 0.958 bits per heavy atom. The first-order chi connectivity index (χ1) is 11.7. The van der Waals surface area contributed by atoms with Gasteiger partial charge in [-0.2, -0.15) is 0 Å². The molecule has 1 aliphatic rings. The van der Waals surface area contributed by atoms with Crippen molar-refractivity contribution in [1.29, 1.82) is 0 Å². The molecule has 0 unspecified atom stereocenters. The summed E-state index contributed by atoms with van der Waals surface area (Å²) in [4.78, 5) is 23.8. The highest BCUT2D eigenvalue weighted by molar-refractivity contribution is 6.05. The third-order valence-electron chi connectivity index (χ3n) is 3.53. The van der Waals surface area contributed by atoms with Gasteiger partial charge in [0.25, 0.3) is 5.91 Å². The third kappa shape index (κ3) is 3.65. The molecule has 124 valence electrons. The van der Waals surface area contributed by atoms with E-state index < -0.39 is 0 Å². The Kier molecular flexibility index (Phi) is 4.65. The van der Waals surface area contributed by atoms with Crippen LogP contribution in [-0.2, 0) is 4.79 Å². The number of fused-ring (bicyclic) bond motifs is 1. The second-order valence-electron chi connectivity index (χ2n) is 5.30. The van der Waals surface area contributed by atoms with E-state index in [9.17, 15) is 9.59 Å². The zero-order valence-corrected chi connectivity index (χ0v) is 13.3. The van der Waals surface area contributed by atoms with Crippen LogP contribution in [0.15, 0.2) is 42.5 Å². The zero-order valence-electron chi connectivity index (χ0n) is 13.3. The summed E-state index contributed by atoms with van der Waals surface area (Å²) in [7, 11) is 0. The fourth-order valence-electron chi connectivity index (χ4n) is 2.31. The first-order valence-electron chi connectivity index (χ1n) is 7.76. The molecule has 0 fully saturated rings. The molecule has 2 amide bonds. The van der Waals surface area contributed by atoms with Gasteiger partial charge in [0.05, 0.1) is 0 Å². The number of nitrogens with one attached hydrogen (secondary N) is 2. The van der Waals surface area contributed by atoms with Crippen molar-refractivity contribution in [3.8, 4) is 11.5 Å². The molecule has 0 saturated heterocycles. The van der Waals surface area contributed by atoms with Gasteiger partial charge < -0.3 is 20.1 Å². The lowest BCUT2D eigenvalue weighted by Gasteiger charge is -2.19. The summed E-state index contributed by atoms with van der Waals surface area (Å²) in [5.41, 5.74) is 1.67. The maximum absolute atomic E-state index is 12.4. The van der Waals surface area contributed by atoms with Crippen molar-refractivity contribution >= 4 is 23.2 Å². The predicted molar refractivity (Wildman–Crippen MR) is 90.7 cm³/mol. The molecule has 0 bridgehead atoms. The molecule has 1 heterocycles. The van der Waals surface area contributed by atoms with Crippen LogP contribution in [0.1, 0.15) is 23.7 Å². The van der Waals surface area contributed by atoms with Crippen LogP contribution in [0.5, 0.6) is 11.5 Å². The van der Waals surface area contributed by atoms with Crippen molar-refractivity contribution < 1.29 is 19.1 Å². The number of amides is 2. The van der Waals surface area contributed by atoms with E-state index in [1.165, 1.54) is 0 Å². The van der Waals surface area contributed by atoms with Crippen LogP contribution in [0.4, 0.5) is 11.4 Å². The molecule has 6 nitrogen and oxygen atoms in total. The monoisotopic (exact) mass is 326 g/mol. The SMILES string of the molecule is CCC(=O)Nc1cccc(C(=O)Nc2ccc3c(c2)OCCO3)c1. The minimum Gasteiger partial charge on any atom is -0.486 e. The highest BCUT2D eigenvalue weighted by Gasteiger charge is 2.13. The fourth-order valence-corrected chi connectivity index (χ4v) is 2.31. The van der Waals surface area contributed by atoms with Gasteiger partial charge in [0, 0.05) is 29.4 Å². The maximum atomic E-state index is 12.4. The number of hydrogen-bond donors (Lipinski definition) is 2. The quantitative estimate of drug-likeness (QED) is 0.905. The van der Waals surface area contributed by atoms with E-state index in [0.717, 1.165) is 0 Å². The van der Waals surface area contributed by atoms with E-state index in [2.05, 4.69) is 10.6 Å². The van der Waals surface area contributed by atoms with Gasteiger partial charge in [0.15, 0.2) is 11.5 Å². The molecule has 3 rings (SSSR count). The van der Waals surface area contributed by atoms with Gasteiger partial charge in [-0.15, -0.1) is 0 Å². The average molecular weight is 326 g/mol. The average Bonchev–Trinajstić information content (AvgIpc) is 2.61. The lowest BCUT2D eigenvalue weighted by molar-refractivity contribution is -0.115. The Hall–Kier alpha value is -3.02. The van der Waals surface area contributed by atoms with Crippen molar-refractivity contribution in [1.82, 2.24) is 0 Å². The number of carbonyl (C=O) groups excluding carboxylic acids is 2. The normalized spacial score (nSPS) is 12.4. The van der Waals surface area contributed by atoms with Gasteiger partial charge in [-0.25, -0.2) is 0 Å². The summed E-state index contributed by atoms with van der Waals surface area (Å²) in [6, 6.07) is 12.1. The van der Waals surface area contributed by atoms with Gasteiger partial charge in [-0.3, -0.25) is 9.59 Å². The molecule has 24 heavy (non-hydrogen) atoms. The van der Waals surface area contributed by atoms with Gasteiger partial charge >= 0.3 is 0 Å². The highest BCUT2D eigenvalue weighted by atomic mass is 16.6. The first-order valence-corrected chi connectivity index (χ1v) is 7.76. The molecule has 0 atom stereocenters. The lowest BCUT2D eigenvalue weighted by atomic mass is 10.1. The molecule has 0 spiro atoms. The van der Waals surface area contributed by atoms with Crippen molar-refractivity contribution in [3.63, 3.8) is 0 Å². The molecule has 0 aromatic heterocycles. The van der Waals surface area contributed by atoms with Crippen molar-refractivity contribution in [2.24, 2.45) is 0 Å². The highest BCUT2D eigenvalue weighted by Crippen LogP contribution is 2.32. The summed E-state index contributed by atoms with van der Waals surface area (Å²) in [5, 5.41) is 5.55. The van der Waals surface area contributed by atoms with Gasteiger partial charge in [-0.05, 0) is 30.3 Å². The molecular formula is C18H18N2O4.